The second-order valence-electron chi connectivity index (χ2n) is 6.04. The third-order valence-electron chi connectivity index (χ3n) is 4.30. The Morgan fingerprint density at radius 3 is 2.73 bits per heavy atom. The summed E-state index contributed by atoms with van der Waals surface area (Å²) in [5.41, 5.74) is 3.03. The Labute approximate surface area is 158 Å². The summed E-state index contributed by atoms with van der Waals surface area (Å²) in [6, 6.07) is 11.8. The topological polar surface area (TPSA) is 61.2 Å². The van der Waals surface area contributed by atoms with E-state index >= 15 is 0 Å². The standard InChI is InChI=1S/C20H14BrFN2O2/c1-12-2-3-14(6-17(12)22)10-24-18-7-13(9-23)4-5-16(18)20(21)15(11-25)8-19(24)26/h2-7,11H,8,10H2,1H3. The number of fused-ring (bicyclic) bond motifs is 1. The average molecular weight is 413 g/mol. The fourth-order valence-electron chi connectivity index (χ4n) is 2.84. The van der Waals surface area contributed by atoms with E-state index in [9.17, 15) is 19.2 Å². The van der Waals surface area contributed by atoms with Gasteiger partial charge in [0.1, 0.15) is 12.1 Å². The number of benzene rings is 2. The zero-order valence-corrected chi connectivity index (χ0v) is 15.5. The molecule has 3 rings (SSSR count). The number of hydrogen-bond donors (Lipinski definition) is 0. The number of nitriles is 1. The van der Waals surface area contributed by atoms with Gasteiger partial charge in [0.2, 0.25) is 5.91 Å². The molecule has 1 heterocycles. The second-order valence-corrected chi connectivity index (χ2v) is 6.83. The molecule has 0 atom stereocenters. The number of amides is 1. The van der Waals surface area contributed by atoms with Crippen LogP contribution in [0.5, 0.6) is 0 Å². The van der Waals surface area contributed by atoms with Crippen molar-refractivity contribution in [2.75, 3.05) is 4.90 Å². The molecule has 0 fully saturated rings. The summed E-state index contributed by atoms with van der Waals surface area (Å²) < 4.78 is 14.4. The van der Waals surface area contributed by atoms with Gasteiger partial charge in [-0.15, -0.1) is 0 Å². The molecule has 0 radical (unpaired) electrons. The molecule has 26 heavy (non-hydrogen) atoms. The molecule has 1 aliphatic heterocycles. The SMILES string of the molecule is Cc1ccc(CN2C(=O)CC(C=O)=C(Br)c3ccc(C#N)cc32)cc1F. The van der Waals surface area contributed by atoms with Crippen molar-refractivity contribution in [2.45, 2.75) is 19.9 Å². The maximum absolute atomic E-state index is 13.9. The Kier molecular flexibility index (Phi) is 5.01. The minimum absolute atomic E-state index is 0.0744. The van der Waals surface area contributed by atoms with Crippen LogP contribution >= 0.6 is 15.9 Å². The van der Waals surface area contributed by atoms with E-state index in [0.717, 1.165) is 0 Å². The van der Waals surface area contributed by atoms with Gasteiger partial charge in [-0.3, -0.25) is 9.59 Å². The Morgan fingerprint density at radius 1 is 1.31 bits per heavy atom. The van der Waals surface area contributed by atoms with Gasteiger partial charge in [-0.1, -0.05) is 18.2 Å². The highest BCUT2D eigenvalue weighted by Gasteiger charge is 2.27. The van der Waals surface area contributed by atoms with Gasteiger partial charge >= 0.3 is 0 Å². The lowest BCUT2D eigenvalue weighted by atomic mass is 10.1. The zero-order chi connectivity index (χ0) is 18.8. The number of carbonyl (C=O) groups is 2. The molecule has 2 aromatic rings. The first-order valence-electron chi connectivity index (χ1n) is 7.88. The van der Waals surface area contributed by atoms with Gasteiger partial charge in [-0.05, 0) is 52.2 Å². The van der Waals surface area contributed by atoms with Crippen molar-refractivity contribution in [2.24, 2.45) is 0 Å². The minimum atomic E-state index is -0.344. The van der Waals surface area contributed by atoms with Crippen molar-refractivity contribution in [3.63, 3.8) is 0 Å². The fraction of sp³-hybridized carbons (Fsp3) is 0.150. The Balaban J connectivity index is 2.12. The first kappa shape index (κ1) is 18.0. The Bertz CT molecular complexity index is 992. The van der Waals surface area contributed by atoms with Gasteiger partial charge in [-0.25, -0.2) is 4.39 Å². The van der Waals surface area contributed by atoms with Crippen LogP contribution in [0.3, 0.4) is 0 Å². The van der Waals surface area contributed by atoms with E-state index in [-0.39, 0.29) is 24.7 Å². The van der Waals surface area contributed by atoms with Crippen molar-refractivity contribution >= 4 is 38.3 Å². The molecule has 1 amide bonds. The van der Waals surface area contributed by atoms with Crippen molar-refractivity contribution in [1.82, 2.24) is 0 Å². The quantitative estimate of drug-likeness (QED) is 0.707. The lowest BCUT2D eigenvalue weighted by molar-refractivity contribution is -0.118. The maximum atomic E-state index is 13.9. The number of aldehydes is 1. The number of aryl methyl sites for hydroxylation is 1. The number of rotatable bonds is 3. The van der Waals surface area contributed by atoms with Gasteiger partial charge < -0.3 is 4.90 Å². The minimum Gasteiger partial charge on any atom is -0.307 e. The van der Waals surface area contributed by atoms with Crippen molar-refractivity contribution < 1.29 is 14.0 Å². The van der Waals surface area contributed by atoms with Gasteiger partial charge in [-0.2, -0.15) is 5.26 Å². The Hall–Kier alpha value is -2.78. The van der Waals surface area contributed by atoms with E-state index in [2.05, 4.69) is 22.0 Å². The van der Waals surface area contributed by atoms with Crippen molar-refractivity contribution in [1.29, 1.82) is 5.26 Å². The third kappa shape index (κ3) is 3.31. The van der Waals surface area contributed by atoms with E-state index in [0.29, 0.717) is 44.3 Å². The number of carbonyl (C=O) groups excluding carboxylic acids is 2. The molecule has 0 bridgehead atoms. The highest BCUT2D eigenvalue weighted by atomic mass is 79.9. The second kappa shape index (κ2) is 7.22. The van der Waals surface area contributed by atoms with E-state index in [1.165, 1.54) is 11.0 Å². The highest BCUT2D eigenvalue weighted by Crippen LogP contribution is 2.38. The average Bonchev–Trinajstić information content (AvgIpc) is 2.74. The molecule has 6 heteroatoms. The molecule has 0 saturated heterocycles. The van der Waals surface area contributed by atoms with Gasteiger partial charge in [0.15, 0.2) is 0 Å². The first-order chi connectivity index (χ1) is 12.4. The summed E-state index contributed by atoms with van der Waals surface area (Å²) in [5.74, 6) is -0.637. The van der Waals surface area contributed by atoms with E-state index in [4.69, 9.17) is 0 Å². The molecule has 0 N–H and O–H groups in total. The van der Waals surface area contributed by atoms with Crippen molar-refractivity contribution in [3.05, 3.63) is 70.0 Å². The molecule has 4 nitrogen and oxygen atoms in total. The number of halogens is 2. The van der Waals surface area contributed by atoms with Crippen LogP contribution in [0.2, 0.25) is 0 Å². The maximum Gasteiger partial charge on any atom is 0.231 e. The van der Waals surface area contributed by atoms with Crippen LogP contribution < -0.4 is 4.90 Å². The summed E-state index contributed by atoms with van der Waals surface area (Å²) in [5, 5.41) is 9.20. The predicted molar refractivity (Wildman–Crippen MR) is 100 cm³/mol. The fourth-order valence-corrected chi connectivity index (χ4v) is 3.41. The molecule has 0 unspecified atom stereocenters. The molecule has 2 aromatic carbocycles. The summed E-state index contributed by atoms with van der Waals surface area (Å²) in [6.45, 7) is 1.81. The van der Waals surface area contributed by atoms with Gasteiger partial charge in [0.25, 0.3) is 0 Å². The molecule has 130 valence electrons. The molecule has 0 aromatic heterocycles. The molecular formula is C20H14BrFN2O2. The van der Waals surface area contributed by atoms with Gasteiger partial charge in [0, 0.05) is 15.6 Å². The number of nitrogens with zero attached hydrogens (tertiary/aromatic N) is 2. The summed E-state index contributed by atoms with van der Waals surface area (Å²) >= 11 is 3.40. The molecule has 0 spiro atoms. The summed E-state index contributed by atoms with van der Waals surface area (Å²) in [7, 11) is 0. The summed E-state index contributed by atoms with van der Waals surface area (Å²) in [6.07, 6.45) is 0.577. The van der Waals surface area contributed by atoms with Crippen LogP contribution in [0.4, 0.5) is 10.1 Å². The van der Waals surface area contributed by atoms with Crippen LogP contribution in [0.1, 0.15) is 28.7 Å². The van der Waals surface area contributed by atoms with Crippen LogP contribution in [-0.2, 0) is 16.1 Å². The smallest absolute Gasteiger partial charge is 0.231 e. The number of hydrogen-bond acceptors (Lipinski definition) is 3. The largest absolute Gasteiger partial charge is 0.307 e. The highest BCUT2D eigenvalue weighted by molar-refractivity contribution is 9.15. The van der Waals surface area contributed by atoms with Crippen LogP contribution in [0.15, 0.2) is 42.0 Å². The third-order valence-corrected chi connectivity index (χ3v) is 5.23. The molecule has 0 saturated carbocycles. The lowest BCUT2D eigenvalue weighted by Gasteiger charge is -2.24. The van der Waals surface area contributed by atoms with E-state index in [1.54, 1.807) is 37.3 Å². The van der Waals surface area contributed by atoms with E-state index in [1.807, 2.05) is 0 Å². The molecular weight excluding hydrogens is 399 g/mol. The Morgan fingerprint density at radius 2 is 2.08 bits per heavy atom. The summed E-state index contributed by atoms with van der Waals surface area (Å²) in [4.78, 5) is 25.7. The monoisotopic (exact) mass is 412 g/mol. The normalized spacial score (nSPS) is 13.9. The van der Waals surface area contributed by atoms with Gasteiger partial charge in [0.05, 0.1) is 30.3 Å². The van der Waals surface area contributed by atoms with Crippen LogP contribution in [0.25, 0.3) is 4.48 Å². The zero-order valence-electron chi connectivity index (χ0n) is 13.9. The van der Waals surface area contributed by atoms with Crippen molar-refractivity contribution in [3.8, 4) is 6.07 Å². The molecule has 0 aliphatic carbocycles. The first-order valence-corrected chi connectivity index (χ1v) is 8.67. The lowest BCUT2D eigenvalue weighted by Crippen LogP contribution is -2.30. The van der Waals surface area contributed by atoms with E-state index < -0.39 is 0 Å². The van der Waals surface area contributed by atoms with Crippen LogP contribution in [0, 0.1) is 24.1 Å². The molecule has 1 aliphatic rings. The van der Waals surface area contributed by atoms with Crippen LogP contribution in [-0.4, -0.2) is 12.2 Å². The predicted octanol–water partition coefficient (Wildman–Crippen LogP) is 4.25. The number of anilines is 1.